The van der Waals surface area contributed by atoms with Gasteiger partial charge in [-0.3, -0.25) is 4.79 Å². The highest BCUT2D eigenvalue weighted by molar-refractivity contribution is 5.88. The highest BCUT2D eigenvalue weighted by atomic mass is 16.5. The lowest BCUT2D eigenvalue weighted by molar-refractivity contribution is -0.150. The Balaban J connectivity index is 2.25. The molecule has 1 aliphatic carbocycles. The van der Waals surface area contributed by atoms with Gasteiger partial charge in [0.2, 0.25) is 5.91 Å². The van der Waals surface area contributed by atoms with Crippen LogP contribution in [0, 0.1) is 17.2 Å². The lowest BCUT2D eigenvalue weighted by Gasteiger charge is -2.34. The number of rotatable bonds is 2. The fraction of sp³-hybridized carbons (Fsp3) is 0.615. The third kappa shape index (κ3) is 2.10. The van der Waals surface area contributed by atoms with Gasteiger partial charge >= 0.3 is 5.97 Å². The maximum absolute atomic E-state index is 11.9. The Bertz CT molecular complexity index is 424. The molecule has 3 atom stereocenters. The number of nitrogens with zero attached hydrogens (tertiary/aromatic N) is 2. The molecule has 0 saturated carbocycles. The second-order valence-electron chi connectivity index (χ2n) is 4.61. The Morgan fingerprint density at radius 1 is 1.56 bits per heavy atom. The number of ether oxygens (including phenoxy) is 1. The highest BCUT2D eigenvalue weighted by Crippen LogP contribution is 2.30. The van der Waals surface area contributed by atoms with Gasteiger partial charge in [0.1, 0.15) is 6.04 Å². The average molecular weight is 248 g/mol. The van der Waals surface area contributed by atoms with Crippen LogP contribution in [0.5, 0.6) is 0 Å². The van der Waals surface area contributed by atoms with E-state index in [-0.39, 0.29) is 17.9 Å². The van der Waals surface area contributed by atoms with Crippen molar-refractivity contribution in [1.82, 2.24) is 4.90 Å². The molecule has 2 aliphatic rings. The van der Waals surface area contributed by atoms with Gasteiger partial charge in [0, 0.05) is 6.42 Å². The van der Waals surface area contributed by atoms with Gasteiger partial charge in [-0.2, -0.15) is 5.26 Å². The van der Waals surface area contributed by atoms with Crippen LogP contribution in [0.2, 0.25) is 0 Å². The molecule has 5 heteroatoms. The van der Waals surface area contributed by atoms with E-state index in [1.807, 2.05) is 12.2 Å². The molecule has 0 unspecified atom stereocenters. The smallest absolute Gasteiger partial charge is 0.328 e. The van der Waals surface area contributed by atoms with Crippen molar-refractivity contribution in [2.24, 2.45) is 5.92 Å². The summed E-state index contributed by atoms with van der Waals surface area (Å²) in [5.41, 5.74) is 0. The zero-order valence-corrected chi connectivity index (χ0v) is 10.3. The third-order valence-corrected chi connectivity index (χ3v) is 3.61. The van der Waals surface area contributed by atoms with Gasteiger partial charge in [-0.15, -0.1) is 0 Å². The van der Waals surface area contributed by atoms with E-state index in [0.29, 0.717) is 12.8 Å². The molecule has 1 fully saturated rings. The predicted molar refractivity (Wildman–Crippen MR) is 63.1 cm³/mol. The topological polar surface area (TPSA) is 70.4 Å². The second kappa shape index (κ2) is 5.21. The minimum Gasteiger partial charge on any atom is -0.467 e. The lowest BCUT2D eigenvalue weighted by atomic mass is 9.89. The normalized spacial score (nSPS) is 31.2. The molecule has 5 nitrogen and oxygen atoms in total. The molecule has 0 radical (unpaired) electrons. The second-order valence-corrected chi connectivity index (χ2v) is 4.61. The molecule has 0 aromatic rings. The van der Waals surface area contributed by atoms with Crippen LogP contribution in [-0.4, -0.2) is 36.0 Å². The Morgan fingerprint density at radius 3 is 3.00 bits per heavy atom. The molecular formula is C13H16N2O3. The first-order valence-corrected chi connectivity index (χ1v) is 6.14. The molecule has 1 saturated heterocycles. The third-order valence-electron chi connectivity index (χ3n) is 3.61. The van der Waals surface area contributed by atoms with E-state index in [4.69, 9.17) is 10.00 Å². The number of allylic oxidation sites excluding steroid dienone is 1. The summed E-state index contributed by atoms with van der Waals surface area (Å²) in [6.07, 6.45) is 6.25. The number of nitriles is 1. The first-order chi connectivity index (χ1) is 8.69. The Labute approximate surface area is 106 Å². The van der Waals surface area contributed by atoms with E-state index in [1.54, 1.807) is 0 Å². The summed E-state index contributed by atoms with van der Waals surface area (Å²) < 4.78 is 4.73. The number of carbonyl (C=O) groups is 2. The summed E-state index contributed by atoms with van der Waals surface area (Å²) >= 11 is 0. The van der Waals surface area contributed by atoms with Crippen LogP contribution < -0.4 is 0 Å². The van der Waals surface area contributed by atoms with Crippen molar-refractivity contribution in [3.05, 3.63) is 12.2 Å². The Morgan fingerprint density at radius 2 is 2.33 bits per heavy atom. The van der Waals surface area contributed by atoms with E-state index < -0.39 is 12.0 Å². The van der Waals surface area contributed by atoms with E-state index in [2.05, 4.69) is 6.07 Å². The van der Waals surface area contributed by atoms with Crippen molar-refractivity contribution < 1.29 is 14.3 Å². The number of amides is 1. The molecule has 18 heavy (non-hydrogen) atoms. The number of hydrogen-bond acceptors (Lipinski definition) is 4. The predicted octanol–water partition coefficient (Wildman–Crippen LogP) is 1.01. The van der Waals surface area contributed by atoms with Crippen LogP contribution in [0.4, 0.5) is 0 Å². The van der Waals surface area contributed by atoms with Crippen LogP contribution in [0.1, 0.15) is 25.7 Å². The van der Waals surface area contributed by atoms with E-state index in [0.717, 1.165) is 12.8 Å². The fourth-order valence-corrected chi connectivity index (χ4v) is 2.69. The highest BCUT2D eigenvalue weighted by Gasteiger charge is 2.43. The van der Waals surface area contributed by atoms with Crippen LogP contribution in [0.25, 0.3) is 0 Å². The van der Waals surface area contributed by atoms with Crippen molar-refractivity contribution in [1.29, 1.82) is 5.26 Å². The molecule has 1 amide bonds. The fourth-order valence-electron chi connectivity index (χ4n) is 2.69. The standard InChI is InChI=1S/C13H16N2O3/c1-18-13(17)11-6-7-12(16)15(11)10-5-3-2-4-9(10)8-14/h3,5,9-11H,2,4,6-7H2,1H3/t9-,10-,11+/m1/s1. The maximum atomic E-state index is 11.9. The van der Waals surface area contributed by atoms with Gasteiger partial charge in [-0.05, 0) is 19.3 Å². The zero-order chi connectivity index (χ0) is 13.1. The van der Waals surface area contributed by atoms with Crippen LogP contribution in [0.3, 0.4) is 0 Å². The van der Waals surface area contributed by atoms with E-state index in [9.17, 15) is 9.59 Å². The number of methoxy groups -OCH3 is 1. The SMILES string of the molecule is COC(=O)[C@@H]1CCC(=O)N1[C@@H]1C=CCC[C@@H]1C#N. The summed E-state index contributed by atoms with van der Waals surface area (Å²) in [4.78, 5) is 25.2. The van der Waals surface area contributed by atoms with Gasteiger partial charge in [0.15, 0.2) is 0 Å². The average Bonchev–Trinajstić information content (AvgIpc) is 2.79. The summed E-state index contributed by atoms with van der Waals surface area (Å²) in [5.74, 6) is -0.692. The Kier molecular flexibility index (Phi) is 3.66. The first kappa shape index (κ1) is 12.6. The van der Waals surface area contributed by atoms with Gasteiger partial charge in [0.05, 0.1) is 25.1 Å². The minimum absolute atomic E-state index is 0.0674. The van der Waals surface area contributed by atoms with E-state index >= 15 is 0 Å². The molecule has 96 valence electrons. The molecule has 2 rings (SSSR count). The molecule has 0 aromatic heterocycles. The number of likely N-dealkylation sites (tertiary alicyclic amines) is 1. The Hall–Kier alpha value is -1.83. The lowest BCUT2D eigenvalue weighted by Crippen LogP contribution is -2.48. The van der Waals surface area contributed by atoms with E-state index in [1.165, 1.54) is 12.0 Å². The van der Waals surface area contributed by atoms with Gasteiger partial charge in [-0.25, -0.2) is 4.79 Å². The molecular weight excluding hydrogens is 232 g/mol. The van der Waals surface area contributed by atoms with Crippen molar-refractivity contribution in [2.45, 2.75) is 37.8 Å². The quantitative estimate of drug-likeness (QED) is 0.540. The summed E-state index contributed by atoms with van der Waals surface area (Å²) in [6.45, 7) is 0. The van der Waals surface area contributed by atoms with Gasteiger partial charge in [-0.1, -0.05) is 12.2 Å². The molecule has 0 bridgehead atoms. The number of esters is 1. The minimum atomic E-state index is -0.536. The molecule has 0 aromatic carbocycles. The van der Waals surface area contributed by atoms with Gasteiger partial charge in [0.25, 0.3) is 0 Å². The van der Waals surface area contributed by atoms with Crippen molar-refractivity contribution in [3.8, 4) is 6.07 Å². The van der Waals surface area contributed by atoms with Crippen molar-refractivity contribution >= 4 is 11.9 Å². The zero-order valence-electron chi connectivity index (χ0n) is 10.3. The summed E-state index contributed by atoms with van der Waals surface area (Å²) in [7, 11) is 1.32. The summed E-state index contributed by atoms with van der Waals surface area (Å²) in [6, 6.07) is 1.41. The van der Waals surface area contributed by atoms with Crippen LogP contribution in [0.15, 0.2) is 12.2 Å². The molecule has 1 aliphatic heterocycles. The molecule has 0 spiro atoms. The number of carbonyl (C=O) groups excluding carboxylic acids is 2. The van der Waals surface area contributed by atoms with Crippen LogP contribution in [-0.2, 0) is 14.3 Å². The number of hydrogen-bond donors (Lipinski definition) is 0. The molecule has 0 N–H and O–H groups in total. The summed E-state index contributed by atoms with van der Waals surface area (Å²) in [5, 5.41) is 9.15. The van der Waals surface area contributed by atoms with Gasteiger partial charge < -0.3 is 9.64 Å². The maximum Gasteiger partial charge on any atom is 0.328 e. The monoisotopic (exact) mass is 248 g/mol. The van der Waals surface area contributed by atoms with Crippen molar-refractivity contribution in [3.63, 3.8) is 0 Å². The first-order valence-electron chi connectivity index (χ1n) is 6.14. The van der Waals surface area contributed by atoms with Crippen LogP contribution >= 0.6 is 0 Å². The largest absolute Gasteiger partial charge is 0.467 e. The van der Waals surface area contributed by atoms with Crippen molar-refractivity contribution in [2.75, 3.05) is 7.11 Å². The molecule has 1 heterocycles.